The van der Waals surface area contributed by atoms with Crippen LogP contribution in [0.15, 0.2) is 17.2 Å². The summed E-state index contributed by atoms with van der Waals surface area (Å²) in [4.78, 5) is 13.7. The molecule has 4 heteroatoms. The van der Waals surface area contributed by atoms with Gasteiger partial charge in [-0.3, -0.25) is 9.48 Å². The first kappa shape index (κ1) is 21.2. The number of aryl methyl sites for hydroxylation is 2. The molecule has 1 unspecified atom stereocenters. The Hall–Kier alpha value is -1.68. The van der Waals surface area contributed by atoms with Crippen molar-refractivity contribution in [1.29, 1.82) is 0 Å². The van der Waals surface area contributed by atoms with Gasteiger partial charge < -0.3 is 5.11 Å². The molecule has 0 bridgehead atoms. The van der Waals surface area contributed by atoms with E-state index in [0.29, 0.717) is 23.5 Å². The fourth-order valence-corrected chi connectivity index (χ4v) is 7.84. The number of carbonyl (C=O) groups is 1. The van der Waals surface area contributed by atoms with Crippen LogP contribution in [-0.2, 0) is 11.3 Å². The third kappa shape index (κ3) is 2.97. The fourth-order valence-electron chi connectivity index (χ4n) is 7.84. The van der Waals surface area contributed by atoms with Gasteiger partial charge in [-0.25, -0.2) is 0 Å². The lowest BCUT2D eigenvalue weighted by Crippen LogP contribution is -2.50. The van der Waals surface area contributed by atoms with Gasteiger partial charge in [-0.2, -0.15) is 5.10 Å². The quantitative estimate of drug-likeness (QED) is 0.512. The molecule has 4 nitrogen and oxygen atoms in total. The average Bonchev–Trinajstić information content (AvgIpc) is 3.16. The number of allylic oxidation sites excluding steroid dienone is 2. The Morgan fingerprint density at radius 3 is 2.61 bits per heavy atom. The molecule has 1 aromatic heterocycles. The molecule has 0 spiro atoms. The standard InChI is InChI=1S/C27H38N2O2/c1-6-29-17(3)22(16(2)28-29)13-18-14-24-21-8-7-19-15-20(30)9-11-26(19,4)23(21)10-12-27(24,5)25(18)31/h7,13,20-21,23-24,30H,6,8-12,14-15H2,1-5H3/b18-13-/t20?,21-,23+,24+,26+,27+/m1/s1. The minimum Gasteiger partial charge on any atom is -0.393 e. The zero-order valence-electron chi connectivity index (χ0n) is 19.9. The first-order valence-electron chi connectivity index (χ1n) is 12.4. The third-order valence-electron chi connectivity index (χ3n) is 9.77. The molecule has 0 aliphatic heterocycles. The Kier molecular flexibility index (Phi) is 4.89. The molecule has 0 saturated heterocycles. The summed E-state index contributed by atoms with van der Waals surface area (Å²) in [6, 6.07) is 0. The molecule has 1 aromatic rings. The molecule has 4 aliphatic carbocycles. The van der Waals surface area contributed by atoms with Crippen molar-refractivity contribution in [2.45, 2.75) is 92.2 Å². The number of aromatic nitrogens is 2. The van der Waals surface area contributed by atoms with Gasteiger partial charge in [-0.1, -0.05) is 25.5 Å². The van der Waals surface area contributed by atoms with E-state index < -0.39 is 0 Å². The maximum Gasteiger partial charge on any atom is 0.165 e. The number of nitrogens with zero attached hydrogens (tertiary/aromatic N) is 2. The number of aliphatic hydroxyl groups is 1. The summed E-state index contributed by atoms with van der Waals surface area (Å²) in [6.45, 7) is 11.8. The number of rotatable bonds is 2. The number of aliphatic hydroxyl groups excluding tert-OH is 1. The van der Waals surface area contributed by atoms with Crippen LogP contribution in [0.3, 0.4) is 0 Å². The monoisotopic (exact) mass is 422 g/mol. The zero-order chi connectivity index (χ0) is 22.1. The SMILES string of the molecule is CCn1nc(C)c(/C=C2/C[C@H]3[C@@H]4CC=C5CC(O)CC[C@]5(C)[C@H]4CC[C@]3(C)C2=O)c1C. The molecule has 31 heavy (non-hydrogen) atoms. The minimum absolute atomic E-state index is 0.164. The molecule has 1 heterocycles. The molecule has 1 N–H and O–H groups in total. The fraction of sp³-hybridized carbons (Fsp3) is 0.704. The third-order valence-corrected chi connectivity index (χ3v) is 9.77. The van der Waals surface area contributed by atoms with Crippen molar-refractivity contribution >= 4 is 11.9 Å². The van der Waals surface area contributed by atoms with E-state index in [0.717, 1.165) is 74.0 Å². The van der Waals surface area contributed by atoms with Crippen LogP contribution in [0.5, 0.6) is 0 Å². The van der Waals surface area contributed by atoms with Crippen LogP contribution in [-0.4, -0.2) is 26.8 Å². The Labute approximate surface area is 186 Å². The first-order valence-corrected chi connectivity index (χ1v) is 12.4. The van der Waals surface area contributed by atoms with Gasteiger partial charge in [0.2, 0.25) is 0 Å². The van der Waals surface area contributed by atoms with Crippen LogP contribution >= 0.6 is 0 Å². The van der Waals surface area contributed by atoms with Gasteiger partial charge >= 0.3 is 0 Å². The van der Waals surface area contributed by atoms with E-state index in [1.807, 2.05) is 4.68 Å². The van der Waals surface area contributed by atoms with Crippen LogP contribution in [0.25, 0.3) is 6.08 Å². The van der Waals surface area contributed by atoms with Crippen molar-refractivity contribution in [1.82, 2.24) is 9.78 Å². The summed E-state index contributed by atoms with van der Waals surface area (Å²) in [5.41, 5.74) is 5.85. The van der Waals surface area contributed by atoms with Gasteiger partial charge in [0.25, 0.3) is 0 Å². The van der Waals surface area contributed by atoms with E-state index in [2.05, 4.69) is 51.9 Å². The van der Waals surface area contributed by atoms with E-state index in [-0.39, 0.29) is 16.9 Å². The lowest BCUT2D eigenvalue weighted by molar-refractivity contribution is -0.130. The van der Waals surface area contributed by atoms with E-state index >= 15 is 0 Å². The van der Waals surface area contributed by atoms with Crippen LogP contribution in [0.4, 0.5) is 0 Å². The Balaban J connectivity index is 1.49. The van der Waals surface area contributed by atoms with Gasteiger partial charge in [0.15, 0.2) is 5.78 Å². The van der Waals surface area contributed by atoms with Crippen LogP contribution in [0, 0.1) is 42.4 Å². The molecule has 6 atom stereocenters. The van der Waals surface area contributed by atoms with Crippen molar-refractivity contribution in [2.24, 2.45) is 28.6 Å². The van der Waals surface area contributed by atoms with E-state index in [9.17, 15) is 9.90 Å². The van der Waals surface area contributed by atoms with Crippen molar-refractivity contribution in [2.75, 3.05) is 0 Å². The Morgan fingerprint density at radius 2 is 1.90 bits per heavy atom. The number of ketones is 1. The van der Waals surface area contributed by atoms with Crippen molar-refractivity contribution in [3.8, 4) is 0 Å². The van der Waals surface area contributed by atoms with E-state index in [1.54, 1.807) is 0 Å². The maximum absolute atomic E-state index is 13.7. The highest BCUT2D eigenvalue weighted by Gasteiger charge is 2.59. The predicted octanol–water partition coefficient (Wildman–Crippen LogP) is 5.41. The Morgan fingerprint density at radius 1 is 1.16 bits per heavy atom. The lowest BCUT2D eigenvalue weighted by Gasteiger charge is -2.56. The smallest absolute Gasteiger partial charge is 0.165 e. The van der Waals surface area contributed by atoms with Gasteiger partial charge in [0.05, 0.1) is 11.8 Å². The van der Waals surface area contributed by atoms with Gasteiger partial charge in [0, 0.05) is 23.2 Å². The molecule has 0 aromatic carbocycles. The topological polar surface area (TPSA) is 55.1 Å². The zero-order valence-corrected chi connectivity index (χ0v) is 19.9. The number of fused-ring (bicyclic) bond motifs is 5. The number of hydrogen-bond donors (Lipinski definition) is 1. The highest BCUT2D eigenvalue weighted by atomic mass is 16.3. The van der Waals surface area contributed by atoms with E-state index in [4.69, 9.17) is 0 Å². The summed E-state index contributed by atoms with van der Waals surface area (Å²) >= 11 is 0. The maximum atomic E-state index is 13.7. The molecule has 168 valence electrons. The number of Topliss-reactive ketones (excluding diaryl/α,β-unsaturated/α-hetero) is 1. The Bertz CT molecular complexity index is 986. The summed E-state index contributed by atoms with van der Waals surface area (Å²) in [5.74, 6) is 2.06. The summed E-state index contributed by atoms with van der Waals surface area (Å²) < 4.78 is 2.04. The second-order valence-corrected chi connectivity index (χ2v) is 11.2. The number of carbonyl (C=O) groups excluding carboxylic acids is 1. The van der Waals surface area contributed by atoms with Gasteiger partial charge in [0.1, 0.15) is 0 Å². The summed E-state index contributed by atoms with van der Waals surface area (Å²) in [6.07, 6.45) is 11.5. The lowest BCUT2D eigenvalue weighted by atomic mass is 9.48. The molecule has 0 radical (unpaired) electrons. The van der Waals surface area contributed by atoms with Crippen LogP contribution in [0.2, 0.25) is 0 Å². The highest BCUT2D eigenvalue weighted by Crippen LogP contribution is 2.64. The van der Waals surface area contributed by atoms with Crippen molar-refractivity contribution in [3.63, 3.8) is 0 Å². The molecular formula is C27H38N2O2. The van der Waals surface area contributed by atoms with Crippen LogP contribution < -0.4 is 0 Å². The summed E-state index contributed by atoms with van der Waals surface area (Å²) in [7, 11) is 0. The first-order chi connectivity index (χ1) is 14.7. The molecule has 0 amide bonds. The molecule has 3 fully saturated rings. The molecule has 3 saturated carbocycles. The molecule has 4 aliphatic rings. The summed E-state index contributed by atoms with van der Waals surface area (Å²) in [5, 5.41) is 14.9. The number of hydrogen-bond acceptors (Lipinski definition) is 3. The van der Waals surface area contributed by atoms with Crippen molar-refractivity contribution < 1.29 is 9.90 Å². The molecular weight excluding hydrogens is 384 g/mol. The van der Waals surface area contributed by atoms with Gasteiger partial charge in [-0.05, 0) is 101 Å². The van der Waals surface area contributed by atoms with Crippen LogP contribution in [0.1, 0.15) is 82.7 Å². The van der Waals surface area contributed by atoms with Crippen molar-refractivity contribution in [3.05, 3.63) is 34.2 Å². The second kappa shape index (κ2) is 7.16. The molecule has 5 rings (SSSR count). The minimum atomic E-state index is -0.217. The second-order valence-electron chi connectivity index (χ2n) is 11.2. The predicted molar refractivity (Wildman–Crippen MR) is 123 cm³/mol. The van der Waals surface area contributed by atoms with Gasteiger partial charge in [-0.15, -0.1) is 0 Å². The average molecular weight is 423 g/mol. The highest BCUT2D eigenvalue weighted by molar-refractivity contribution is 6.06. The van der Waals surface area contributed by atoms with E-state index in [1.165, 1.54) is 5.57 Å². The largest absolute Gasteiger partial charge is 0.393 e. The normalized spacial score (nSPS) is 41.0.